The molecule has 2 aromatic heterocycles. The summed E-state index contributed by atoms with van der Waals surface area (Å²) in [4.78, 5) is 12.8. The SMILES string of the molecule is CCOC(OCC)c1nc(N)c2ncn([C@@H]3O[C@H](CO)[C@@H](O)[C@H]3O)c2n1. The van der Waals surface area contributed by atoms with Crippen molar-refractivity contribution in [3.63, 3.8) is 0 Å². The topological polar surface area (TPSA) is 158 Å². The summed E-state index contributed by atoms with van der Waals surface area (Å²) < 4.78 is 18.0. The summed E-state index contributed by atoms with van der Waals surface area (Å²) in [6, 6.07) is 0. The van der Waals surface area contributed by atoms with Gasteiger partial charge in [-0.05, 0) is 13.8 Å². The molecule has 5 N–H and O–H groups in total. The van der Waals surface area contributed by atoms with E-state index in [1.165, 1.54) is 10.9 Å². The van der Waals surface area contributed by atoms with Crippen molar-refractivity contribution in [3.05, 3.63) is 12.2 Å². The van der Waals surface area contributed by atoms with Crippen molar-refractivity contribution >= 4 is 17.0 Å². The van der Waals surface area contributed by atoms with Crippen molar-refractivity contribution in [2.24, 2.45) is 0 Å². The van der Waals surface area contributed by atoms with Gasteiger partial charge in [-0.25, -0.2) is 15.0 Å². The summed E-state index contributed by atoms with van der Waals surface area (Å²) in [7, 11) is 0. The Morgan fingerprint density at radius 3 is 2.50 bits per heavy atom. The quantitative estimate of drug-likeness (QED) is 0.450. The number of imidazole rings is 1. The molecule has 1 aliphatic rings. The van der Waals surface area contributed by atoms with Gasteiger partial charge in [0.2, 0.25) is 6.29 Å². The Morgan fingerprint density at radius 1 is 1.23 bits per heavy atom. The molecule has 11 nitrogen and oxygen atoms in total. The number of anilines is 1. The number of hydrogen-bond donors (Lipinski definition) is 4. The molecular formula is C15H23N5O6. The van der Waals surface area contributed by atoms with Gasteiger partial charge >= 0.3 is 0 Å². The Kier molecular flexibility index (Phi) is 5.65. The van der Waals surface area contributed by atoms with E-state index in [9.17, 15) is 15.3 Å². The molecule has 0 aliphatic carbocycles. The van der Waals surface area contributed by atoms with Crippen LogP contribution in [0.4, 0.5) is 5.82 Å². The molecule has 0 amide bonds. The maximum Gasteiger partial charge on any atom is 0.219 e. The smallest absolute Gasteiger partial charge is 0.219 e. The third-order valence-corrected chi connectivity index (χ3v) is 4.10. The molecule has 2 aromatic rings. The van der Waals surface area contributed by atoms with Crippen LogP contribution in [0.15, 0.2) is 6.33 Å². The van der Waals surface area contributed by atoms with Crippen LogP contribution < -0.4 is 5.73 Å². The van der Waals surface area contributed by atoms with Crippen molar-refractivity contribution in [2.75, 3.05) is 25.6 Å². The average molecular weight is 369 g/mol. The van der Waals surface area contributed by atoms with E-state index in [2.05, 4.69) is 15.0 Å². The van der Waals surface area contributed by atoms with Crippen LogP contribution >= 0.6 is 0 Å². The number of fused-ring (bicyclic) bond motifs is 1. The number of aliphatic hydroxyl groups is 3. The Hall–Kier alpha value is -1.89. The van der Waals surface area contributed by atoms with Gasteiger partial charge in [0.05, 0.1) is 12.9 Å². The lowest BCUT2D eigenvalue weighted by atomic mass is 10.1. The van der Waals surface area contributed by atoms with Gasteiger partial charge in [0.1, 0.15) is 23.8 Å². The Bertz CT molecular complexity index is 749. The first-order chi connectivity index (χ1) is 12.5. The van der Waals surface area contributed by atoms with Crippen molar-refractivity contribution < 1.29 is 29.5 Å². The fraction of sp³-hybridized carbons (Fsp3) is 0.667. The van der Waals surface area contributed by atoms with Crippen LogP contribution in [0.25, 0.3) is 11.2 Å². The first kappa shape index (κ1) is 18.9. The van der Waals surface area contributed by atoms with E-state index in [1.807, 2.05) is 13.8 Å². The second kappa shape index (κ2) is 7.78. The highest BCUT2D eigenvalue weighted by Crippen LogP contribution is 2.32. The summed E-state index contributed by atoms with van der Waals surface area (Å²) >= 11 is 0. The number of nitrogen functional groups attached to an aromatic ring is 1. The molecule has 0 bridgehead atoms. The largest absolute Gasteiger partial charge is 0.394 e. The lowest BCUT2D eigenvalue weighted by Crippen LogP contribution is -2.33. The number of rotatable bonds is 7. The highest BCUT2D eigenvalue weighted by atomic mass is 16.7. The van der Waals surface area contributed by atoms with E-state index < -0.39 is 37.4 Å². The molecule has 0 aromatic carbocycles. The van der Waals surface area contributed by atoms with Gasteiger partial charge in [-0.3, -0.25) is 4.57 Å². The summed E-state index contributed by atoms with van der Waals surface area (Å²) in [5, 5.41) is 29.5. The third kappa shape index (κ3) is 3.24. The van der Waals surface area contributed by atoms with Gasteiger partial charge in [0, 0.05) is 13.2 Å². The second-order valence-corrected chi connectivity index (χ2v) is 5.76. The van der Waals surface area contributed by atoms with Gasteiger partial charge in [-0.1, -0.05) is 0 Å². The molecule has 3 heterocycles. The first-order valence-electron chi connectivity index (χ1n) is 8.37. The maximum absolute atomic E-state index is 10.2. The molecule has 1 aliphatic heterocycles. The fourth-order valence-electron chi connectivity index (χ4n) is 2.86. The lowest BCUT2D eigenvalue weighted by Gasteiger charge is -2.18. The van der Waals surface area contributed by atoms with E-state index >= 15 is 0 Å². The van der Waals surface area contributed by atoms with E-state index in [0.717, 1.165) is 0 Å². The van der Waals surface area contributed by atoms with Crippen LogP contribution in [0.2, 0.25) is 0 Å². The molecule has 0 radical (unpaired) electrons. The van der Waals surface area contributed by atoms with Crippen LogP contribution in [-0.2, 0) is 14.2 Å². The molecule has 0 unspecified atom stereocenters. The zero-order chi connectivity index (χ0) is 18.8. The van der Waals surface area contributed by atoms with Crippen molar-refractivity contribution in [2.45, 2.75) is 44.7 Å². The molecule has 144 valence electrons. The summed E-state index contributed by atoms with van der Waals surface area (Å²) in [6.45, 7) is 3.98. The Balaban J connectivity index is 2.03. The zero-order valence-electron chi connectivity index (χ0n) is 14.5. The summed E-state index contributed by atoms with van der Waals surface area (Å²) in [5.41, 5.74) is 6.60. The van der Waals surface area contributed by atoms with Gasteiger partial charge < -0.3 is 35.3 Å². The average Bonchev–Trinajstić information content (AvgIpc) is 3.17. The van der Waals surface area contributed by atoms with E-state index in [-0.39, 0.29) is 11.6 Å². The molecular weight excluding hydrogens is 346 g/mol. The number of ether oxygens (including phenoxy) is 3. The number of aliphatic hydroxyl groups excluding tert-OH is 3. The summed E-state index contributed by atoms with van der Waals surface area (Å²) in [5.74, 6) is 0.340. The van der Waals surface area contributed by atoms with Gasteiger partial charge in [-0.2, -0.15) is 0 Å². The Morgan fingerprint density at radius 2 is 1.92 bits per heavy atom. The van der Waals surface area contributed by atoms with Crippen molar-refractivity contribution in [1.29, 1.82) is 0 Å². The number of nitrogens with two attached hydrogens (primary N) is 1. The van der Waals surface area contributed by atoms with Crippen LogP contribution in [0.5, 0.6) is 0 Å². The van der Waals surface area contributed by atoms with Crippen molar-refractivity contribution in [1.82, 2.24) is 19.5 Å². The van der Waals surface area contributed by atoms with Gasteiger partial charge in [-0.15, -0.1) is 0 Å². The normalized spacial score (nSPS) is 26.2. The number of aromatic nitrogens is 4. The van der Waals surface area contributed by atoms with E-state index in [4.69, 9.17) is 19.9 Å². The molecule has 0 spiro atoms. The van der Waals surface area contributed by atoms with E-state index in [0.29, 0.717) is 24.4 Å². The molecule has 26 heavy (non-hydrogen) atoms. The zero-order valence-corrected chi connectivity index (χ0v) is 14.5. The highest BCUT2D eigenvalue weighted by Gasteiger charge is 2.44. The molecule has 1 fully saturated rings. The second-order valence-electron chi connectivity index (χ2n) is 5.76. The predicted molar refractivity (Wildman–Crippen MR) is 88.7 cm³/mol. The molecule has 11 heteroatoms. The van der Waals surface area contributed by atoms with Crippen LogP contribution in [0.1, 0.15) is 32.2 Å². The molecule has 1 saturated heterocycles. The standard InChI is InChI=1S/C15H23N5O6/c1-3-24-15(25-4-2)12-18-11(16)8-13(19-12)20(6-17-8)14-10(23)9(22)7(5-21)26-14/h6-7,9-10,14-15,21-23H,3-5H2,1-2H3,(H2,16,18,19)/t7-,9-,10-,14-/m1/s1. The maximum atomic E-state index is 10.2. The summed E-state index contributed by atoms with van der Waals surface area (Å²) in [6.07, 6.45) is -3.81. The monoisotopic (exact) mass is 369 g/mol. The van der Waals surface area contributed by atoms with E-state index in [1.54, 1.807) is 0 Å². The van der Waals surface area contributed by atoms with Gasteiger partial charge in [0.15, 0.2) is 23.5 Å². The van der Waals surface area contributed by atoms with Crippen molar-refractivity contribution in [3.8, 4) is 0 Å². The highest BCUT2D eigenvalue weighted by molar-refractivity contribution is 5.81. The number of hydrogen-bond acceptors (Lipinski definition) is 10. The molecule has 3 rings (SSSR count). The third-order valence-electron chi connectivity index (χ3n) is 4.10. The number of nitrogens with zero attached hydrogens (tertiary/aromatic N) is 4. The van der Waals surface area contributed by atoms with Crippen LogP contribution in [-0.4, -0.2) is 73.0 Å². The molecule has 0 saturated carbocycles. The molecule has 4 atom stereocenters. The Labute approximate surface area is 149 Å². The van der Waals surface area contributed by atoms with Crippen LogP contribution in [0, 0.1) is 0 Å². The minimum absolute atomic E-state index is 0.125. The van der Waals surface area contributed by atoms with Crippen LogP contribution in [0.3, 0.4) is 0 Å². The van der Waals surface area contributed by atoms with Gasteiger partial charge in [0.25, 0.3) is 0 Å². The minimum Gasteiger partial charge on any atom is -0.394 e. The predicted octanol–water partition coefficient (Wildman–Crippen LogP) is -0.908. The fourth-order valence-corrected chi connectivity index (χ4v) is 2.86. The lowest BCUT2D eigenvalue weighted by molar-refractivity contribution is -0.145. The minimum atomic E-state index is -1.27. The first-order valence-corrected chi connectivity index (χ1v) is 8.37.